The van der Waals surface area contributed by atoms with E-state index in [0.717, 1.165) is 34.0 Å². The molecular formula is C17H22N2O2S2. The summed E-state index contributed by atoms with van der Waals surface area (Å²) in [5.41, 5.74) is 1.34. The second-order valence-corrected chi connectivity index (χ2v) is 7.68. The third-order valence-electron chi connectivity index (χ3n) is 4.01. The van der Waals surface area contributed by atoms with Gasteiger partial charge in [0, 0.05) is 23.8 Å². The minimum absolute atomic E-state index is 0.0909. The molecular weight excluding hydrogens is 328 g/mol. The van der Waals surface area contributed by atoms with Crippen LogP contribution in [0.3, 0.4) is 0 Å². The van der Waals surface area contributed by atoms with Crippen LogP contribution in [0.5, 0.6) is 0 Å². The lowest BCUT2D eigenvalue weighted by Gasteiger charge is -2.12. The molecule has 0 saturated carbocycles. The summed E-state index contributed by atoms with van der Waals surface area (Å²) < 4.78 is 7.14. The summed E-state index contributed by atoms with van der Waals surface area (Å²) in [6.45, 7) is 7.66. The molecule has 1 aliphatic carbocycles. The molecule has 0 fully saturated rings. The van der Waals surface area contributed by atoms with Crippen LogP contribution in [0, 0.1) is 0 Å². The lowest BCUT2D eigenvalue weighted by molar-refractivity contribution is 0.164. The topological polar surface area (TPSA) is 44.1 Å². The van der Waals surface area contributed by atoms with E-state index in [1.807, 2.05) is 6.92 Å². The second-order valence-electron chi connectivity index (χ2n) is 5.54. The van der Waals surface area contributed by atoms with Gasteiger partial charge in [-0.25, -0.2) is 4.98 Å². The van der Waals surface area contributed by atoms with E-state index in [1.165, 1.54) is 23.3 Å². The van der Waals surface area contributed by atoms with Gasteiger partial charge in [-0.3, -0.25) is 9.36 Å². The molecule has 2 aromatic heterocycles. The molecule has 0 radical (unpaired) electrons. The second kappa shape index (κ2) is 7.64. The fraction of sp³-hybridized carbons (Fsp3) is 0.529. The number of hydrogen-bond donors (Lipinski definition) is 0. The average Bonchev–Trinajstić information content (AvgIpc) is 2.93. The van der Waals surface area contributed by atoms with Gasteiger partial charge in [-0.05, 0) is 38.2 Å². The highest BCUT2D eigenvalue weighted by Crippen LogP contribution is 2.34. The highest BCUT2D eigenvalue weighted by atomic mass is 32.2. The zero-order chi connectivity index (χ0) is 16.2. The highest BCUT2D eigenvalue weighted by molar-refractivity contribution is 7.99. The monoisotopic (exact) mass is 350 g/mol. The number of hydrogen-bond acceptors (Lipinski definition) is 5. The first-order valence-corrected chi connectivity index (χ1v) is 9.93. The molecule has 0 atom stereocenters. The van der Waals surface area contributed by atoms with Crippen molar-refractivity contribution in [2.75, 3.05) is 19.0 Å². The minimum atomic E-state index is 0.0909. The van der Waals surface area contributed by atoms with Gasteiger partial charge in [-0.1, -0.05) is 17.8 Å². The molecule has 0 bridgehead atoms. The molecule has 0 spiro atoms. The maximum absolute atomic E-state index is 13.0. The molecule has 0 aromatic carbocycles. The SMILES string of the molecule is C=CCn1c(SCCOCC)nc2sc3c(c2c1=O)CCCC3. The normalized spacial score (nSPS) is 14.1. The Morgan fingerprint density at radius 1 is 1.43 bits per heavy atom. The molecule has 2 heterocycles. The predicted molar refractivity (Wildman–Crippen MR) is 97.9 cm³/mol. The maximum atomic E-state index is 13.0. The van der Waals surface area contributed by atoms with Crippen LogP contribution in [0.4, 0.5) is 0 Å². The van der Waals surface area contributed by atoms with Gasteiger partial charge in [-0.15, -0.1) is 17.9 Å². The maximum Gasteiger partial charge on any atom is 0.263 e. The molecule has 1 aliphatic rings. The standard InChI is InChI=1S/C17H22N2O2S2/c1-3-9-19-16(20)14-12-7-5-6-8-13(12)23-15(14)18-17(19)22-11-10-21-4-2/h3H,1,4-11H2,2H3. The Morgan fingerprint density at radius 3 is 3.04 bits per heavy atom. The lowest BCUT2D eigenvalue weighted by atomic mass is 9.97. The van der Waals surface area contributed by atoms with E-state index < -0.39 is 0 Å². The number of nitrogens with zero attached hydrogens (tertiary/aromatic N) is 2. The van der Waals surface area contributed by atoms with Gasteiger partial charge in [0.25, 0.3) is 5.56 Å². The molecule has 6 heteroatoms. The van der Waals surface area contributed by atoms with Crippen LogP contribution in [-0.2, 0) is 24.1 Å². The third-order valence-corrected chi connectivity index (χ3v) is 6.14. The fourth-order valence-electron chi connectivity index (χ4n) is 2.96. The van der Waals surface area contributed by atoms with E-state index >= 15 is 0 Å². The van der Waals surface area contributed by atoms with E-state index in [2.05, 4.69) is 6.58 Å². The average molecular weight is 351 g/mol. The molecule has 4 nitrogen and oxygen atoms in total. The van der Waals surface area contributed by atoms with E-state index in [9.17, 15) is 4.79 Å². The van der Waals surface area contributed by atoms with Gasteiger partial charge in [0.15, 0.2) is 5.16 Å². The van der Waals surface area contributed by atoms with Crippen molar-refractivity contribution in [2.45, 2.75) is 44.3 Å². The van der Waals surface area contributed by atoms with Gasteiger partial charge >= 0.3 is 0 Å². The van der Waals surface area contributed by atoms with Crippen molar-refractivity contribution in [3.8, 4) is 0 Å². The molecule has 0 saturated heterocycles. The number of aryl methyl sites for hydroxylation is 2. The van der Waals surface area contributed by atoms with Crippen LogP contribution < -0.4 is 5.56 Å². The van der Waals surface area contributed by atoms with Crippen LogP contribution in [0.1, 0.15) is 30.2 Å². The van der Waals surface area contributed by atoms with Crippen LogP contribution in [-0.4, -0.2) is 28.5 Å². The summed E-state index contributed by atoms with van der Waals surface area (Å²) in [5.74, 6) is 0.800. The smallest absolute Gasteiger partial charge is 0.263 e. The summed E-state index contributed by atoms with van der Waals surface area (Å²) in [5, 5.41) is 1.63. The van der Waals surface area contributed by atoms with Crippen molar-refractivity contribution in [3.63, 3.8) is 0 Å². The van der Waals surface area contributed by atoms with Crippen LogP contribution in [0.2, 0.25) is 0 Å². The van der Waals surface area contributed by atoms with Gasteiger partial charge < -0.3 is 4.74 Å². The van der Waals surface area contributed by atoms with Crippen LogP contribution in [0.25, 0.3) is 10.2 Å². The first-order valence-electron chi connectivity index (χ1n) is 8.12. The Kier molecular flexibility index (Phi) is 5.56. The molecule has 3 rings (SSSR count). The molecule has 2 aromatic rings. The fourth-order valence-corrected chi connectivity index (χ4v) is 5.12. The number of ether oxygens (including phenoxy) is 1. The van der Waals surface area contributed by atoms with Crippen molar-refractivity contribution in [1.29, 1.82) is 0 Å². The largest absolute Gasteiger partial charge is 0.381 e. The molecule has 0 aliphatic heterocycles. The highest BCUT2D eigenvalue weighted by Gasteiger charge is 2.21. The van der Waals surface area contributed by atoms with Crippen molar-refractivity contribution < 1.29 is 4.74 Å². The van der Waals surface area contributed by atoms with E-state index in [-0.39, 0.29) is 5.56 Å². The number of aromatic nitrogens is 2. The molecule has 23 heavy (non-hydrogen) atoms. The van der Waals surface area contributed by atoms with Crippen molar-refractivity contribution >= 4 is 33.3 Å². The number of rotatable bonds is 7. The Bertz CT molecular complexity index is 764. The quantitative estimate of drug-likeness (QED) is 0.331. The molecule has 124 valence electrons. The summed E-state index contributed by atoms with van der Waals surface area (Å²) in [6, 6.07) is 0. The molecule has 0 unspecified atom stereocenters. The Hall–Kier alpha value is -1.11. The predicted octanol–water partition coefficient (Wildman–Crippen LogP) is 3.65. The van der Waals surface area contributed by atoms with E-state index in [4.69, 9.17) is 9.72 Å². The minimum Gasteiger partial charge on any atom is -0.381 e. The number of allylic oxidation sites excluding steroid dienone is 1. The van der Waals surface area contributed by atoms with E-state index in [0.29, 0.717) is 19.8 Å². The summed E-state index contributed by atoms with van der Waals surface area (Å²) in [7, 11) is 0. The van der Waals surface area contributed by atoms with Crippen molar-refractivity contribution in [1.82, 2.24) is 9.55 Å². The van der Waals surface area contributed by atoms with Gasteiger partial charge in [0.2, 0.25) is 0 Å². The summed E-state index contributed by atoms with van der Waals surface area (Å²) in [6.07, 6.45) is 6.25. The van der Waals surface area contributed by atoms with Gasteiger partial charge in [-0.2, -0.15) is 0 Å². The summed E-state index contributed by atoms with van der Waals surface area (Å²) >= 11 is 3.29. The third kappa shape index (κ3) is 3.39. The lowest BCUT2D eigenvalue weighted by Crippen LogP contribution is -2.23. The molecule has 0 N–H and O–H groups in total. The summed E-state index contributed by atoms with van der Waals surface area (Å²) in [4.78, 5) is 20.1. The zero-order valence-electron chi connectivity index (χ0n) is 13.5. The van der Waals surface area contributed by atoms with E-state index in [1.54, 1.807) is 33.7 Å². The van der Waals surface area contributed by atoms with Crippen molar-refractivity contribution in [3.05, 3.63) is 33.4 Å². The number of thioether (sulfide) groups is 1. The van der Waals surface area contributed by atoms with Gasteiger partial charge in [0.1, 0.15) is 4.83 Å². The Labute approximate surface area is 144 Å². The molecule has 0 amide bonds. The number of thiophene rings is 1. The Morgan fingerprint density at radius 2 is 2.26 bits per heavy atom. The van der Waals surface area contributed by atoms with Crippen molar-refractivity contribution in [2.24, 2.45) is 0 Å². The Balaban J connectivity index is 2.03. The van der Waals surface area contributed by atoms with Crippen LogP contribution >= 0.6 is 23.1 Å². The first kappa shape index (κ1) is 16.7. The van der Waals surface area contributed by atoms with Gasteiger partial charge in [0.05, 0.1) is 12.0 Å². The number of fused-ring (bicyclic) bond motifs is 3. The van der Waals surface area contributed by atoms with Crippen LogP contribution in [0.15, 0.2) is 22.6 Å². The first-order chi connectivity index (χ1) is 11.3. The zero-order valence-corrected chi connectivity index (χ0v) is 15.1.